The SMILES string of the molecule is Cc1ccc2c(c1)c([Si](C)(c1ccccc1)c1ccccc1)cc(-c1c(C)c(C)cc3c1oc1ccccc13)[n+]2C. The van der Waals surface area contributed by atoms with Crippen LogP contribution in [-0.4, -0.2) is 8.07 Å². The van der Waals surface area contributed by atoms with Crippen molar-refractivity contribution < 1.29 is 8.98 Å². The normalized spacial score (nSPS) is 12.0. The summed E-state index contributed by atoms with van der Waals surface area (Å²) in [5, 5.41) is 7.90. The lowest BCUT2D eigenvalue weighted by molar-refractivity contribution is -0.633. The highest BCUT2D eigenvalue weighted by atomic mass is 28.3. The lowest BCUT2D eigenvalue weighted by Gasteiger charge is -2.30. The molecule has 0 spiro atoms. The Morgan fingerprint density at radius 2 is 1.27 bits per heavy atom. The van der Waals surface area contributed by atoms with Gasteiger partial charge in [0.25, 0.3) is 0 Å². The first-order valence-corrected chi connectivity index (χ1v) is 16.8. The fourth-order valence-electron chi connectivity index (χ4n) is 6.67. The van der Waals surface area contributed by atoms with Crippen LogP contribution in [0.15, 0.2) is 120 Å². The van der Waals surface area contributed by atoms with Gasteiger partial charge in [-0.2, -0.15) is 4.57 Å². The summed E-state index contributed by atoms with van der Waals surface area (Å²) in [7, 11) is -0.221. The van der Waals surface area contributed by atoms with E-state index in [1.54, 1.807) is 0 Å². The van der Waals surface area contributed by atoms with Crippen molar-refractivity contribution in [2.45, 2.75) is 27.3 Å². The van der Waals surface area contributed by atoms with Gasteiger partial charge in [0.05, 0.1) is 5.56 Å². The topological polar surface area (TPSA) is 17.0 Å². The zero-order valence-electron chi connectivity index (χ0n) is 24.3. The van der Waals surface area contributed by atoms with Crippen LogP contribution in [0.1, 0.15) is 16.7 Å². The molecular formula is C38H34NOSi+. The molecule has 5 aromatic carbocycles. The van der Waals surface area contributed by atoms with Crippen LogP contribution in [0.4, 0.5) is 0 Å². The van der Waals surface area contributed by atoms with Gasteiger partial charge in [0.2, 0.25) is 11.2 Å². The molecule has 0 N–H and O–H groups in total. The molecule has 0 atom stereocenters. The van der Waals surface area contributed by atoms with E-state index in [-0.39, 0.29) is 0 Å². The summed E-state index contributed by atoms with van der Waals surface area (Å²) < 4.78 is 9.03. The molecular weight excluding hydrogens is 515 g/mol. The van der Waals surface area contributed by atoms with E-state index >= 15 is 0 Å². The second kappa shape index (κ2) is 9.57. The van der Waals surface area contributed by atoms with Gasteiger partial charge >= 0.3 is 0 Å². The third-order valence-electron chi connectivity index (χ3n) is 9.13. The second-order valence-corrected chi connectivity index (χ2v) is 15.5. The van der Waals surface area contributed by atoms with E-state index in [1.807, 2.05) is 0 Å². The molecule has 0 unspecified atom stereocenters. The van der Waals surface area contributed by atoms with Gasteiger partial charge in [0, 0.05) is 28.3 Å². The molecule has 2 nitrogen and oxygen atoms in total. The second-order valence-electron chi connectivity index (χ2n) is 11.5. The fourth-order valence-corrected chi connectivity index (χ4v) is 10.5. The molecule has 0 fully saturated rings. The summed E-state index contributed by atoms with van der Waals surface area (Å²) in [6.45, 7) is 9.17. The number of hydrogen-bond donors (Lipinski definition) is 0. The van der Waals surface area contributed by atoms with Crippen LogP contribution in [0.5, 0.6) is 0 Å². The number of rotatable bonds is 4. The Morgan fingerprint density at radius 3 is 1.95 bits per heavy atom. The lowest BCUT2D eigenvalue weighted by Crippen LogP contribution is -2.65. The van der Waals surface area contributed by atoms with Crippen molar-refractivity contribution in [3.05, 3.63) is 132 Å². The molecule has 0 saturated heterocycles. The predicted octanol–water partition coefficient (Wildman–Crippen LogP) is 7.26. The van der Waals surface area contributed by atoms with Crippen molar-refractivity contribution in [1.29, 1.82) is 0 Å². The molecule has 7 rings (SSSR count). The van der Waals surface area contributed by atoms with Crippen molar-refractivity contribution in [3.63, 3.8) is 0 Å². The Bertz CT molecular complexity index is 2050. The molecule has 7 aromatic rings. The third kappa shape index (κ3) is 3.87. The highest BCUT2D eigenvalue weighted by Gasteiger charge is 2.38. The predicted molar refractivity (Wildman–Crippen MR) is 175 cm³/mol. The lowest BCUT2D eigenvalue weighted by atomic mass is 9.95. The van der Waals surface area contributed by atoms with E-state index in [0.29, 0.717) is 0 Å². The summed E-state index contributed by atoms with van der Waals surface area (Å²) in [6.07, 6.45) is 0. The molecule has 0 amide bonds. The minimum atomic E-state index is -2.43. The van der Waals surface area contributed by atoms with Gasteiger partial charge in [-0.15, -0.1) is 0 Å². The first kappa shape index (κ1) is 25.5. The molecule has 0 aliphatic carbocycles. The number of aromatic nitrogens is 1. The van der Waals surface area contributed by atoms with E-state index in [9.17, 15) is 0 Å². The molecule has 0 aliphatic rings. The fraction of sp³-hybridized carbons (Fsp3) is 0.132. The molecule has 41 heavy (non-hydrogen) atoms. The van der Waals surface area contributed by atoms with Crippen LogP contribution >= 0.6 is 0 Å². The molecule has 3 heteroatoms. The number of hydrogen-bond acceptors (Lipinski definition) is 1. The minimum Gasteiger partial charge on any atom is -0.455 e. The monoisotopic (exact) mass is 548 g/mol. The third-order valence-corrected chi connectivity index (χ3v) is 13.6. The van der Waals surface area contributed by atoms with Crippen LogP contribution in [0.2, 0.25) is 6.55 Å². The largest absolute Gasteiger partial charge is 0.455 e. The van der Waals surface area contributed by atoms with Crippen molar-refractivity contribution in [2.75, 3.05) is 0 Å². The van der Waals surface area contributed by atoms with E-state index in [2.05, 4.69) is 154 Å². The zero-order chi connectivity index (χ0) is 28.3. The van der Waals surface area contributed by atoms with Gasteiger partial charge in [0.15, 0.2) is 0 Å². The minimum absolute atomic E-state index is 0.931. The maximum Gasteiger partial charge on any atom is 0.216 e. The summed E-state index contributed by atoms with van der Waals surface area (Å²) in [4.78, 5) is 0. The Morgan fingerprint density at radius 1 is 0.634 bits per heavy atom. The first-order chi connectivity index (χ1) is 19.9. The molecule has 0 radical (unpaired) electrons. The molecule has 0 bridgehead atoms. The maximum absolute atomic E-state index is 6.65. The Labute approximate surface area is 242 Å². The Hall–Kier alpha value is -4.47. The van der Waals surface area contributed by atoms with Gasteiger partial charge in [-0.25, -0.2) is 0 Å². The quantitative estimate of drug-likeness (QED) is 0.167. The first-order valence-electron chi connectivity index (χ1n) is 14.3. The van der Waals surface area contributed by atoms with E-state index in [1.165, 1.54) is 65.2 Å². The van der Waals surface area contributed by atoms with E-state index in [4.69, 9.17) is 4.42 Å². The van der Waals surface area contributed by atoms with Gasteiger partial charge in [0.1, 0.15) is 26.3 Å². The van der Waals surface area contributed by atoms with Gasteiger partial charge in [-0.1, -0.05) is 97.0 Å². The average Bonchev–Trinajstić information content (AvgIpc) is 3.37. The van der Waals surface area contributed by atoms with Crippen LogP contribution in [0.3, 0.4) is 0 Å². The summed E-state index contributed by atoms with van der Waals surface area (Å²) in [5.74, 6) is 0. The van der Waals surface area contributed by atoms with Gasteiger partial charge < -0.3 is 4.42 Å². The van der Waals surface area contributed by atoms with Gasteiger partial charge in [-0.05, 0) is 65.7 Å². The molecule has 2 aromatic heterocycles. The van der Waals surface area contributed by atoms with E-state index in [0.717, 1.165) is 11.2 Å². The molecule has 200 valence electrons. The maximum atomic E-state index is 6.65. The number of furan rings is 1. The number of pyridine rings is 1. The summed E-state index contributed by atoms with van der Waals surface area (Å²) in [6, 6.07) is 42.4. The van der Waals surface area contributed by atoms with Crippen LogP contribution in [0.25, 0.3) is 44.1 Å². The van der Waals surface area contributed by atoms with Crippen LogP contribution < -0.4 is 20.1 Å². The number of fused-ring (bicyclic) bond motifs is 4. The van der Waals surface area contributed by atoms with Crippen molar-refractivity contribution in [2.24, 2.45) is 7.05 Å². The highest BCUT2D eigenvalue weighted by Crippen LogP contribution is 2.38. The van der Waals surface area contributed by atoms with Crippen molar-refractivity contribution >= 4 is 56.5 Å². The highest BCUT2D eigenvalue weighted by molar-refractivity contribution is 7.11. The number of nitrogens with zero attached hydrogens (tertiary/aromatic N) is 1. The zero-order valence-corrected chi connectivity index (χ0v) is 25.3. The molecule has 0 saturated carbocycles. The summed E-state index contributed by atoms with van der Waals surface area (Å²) >= 11 is 0. The number of benzene rings is 5. The van der Waals surface area contributed by atoms with Crippen LogP contribution in [0, 0.1) is 20.8 Å². The van der Waals surface area contributed by atoms with Crippen LogP contribution in [-0.2, 0) is 7.05 Å². The number of aryl methyl sites for hydroxylation is 3. The summed E-state index contributed by atoms with van der Waals surface area (Å²) in [5.41, 5.74) is 9.30. The Balaban J connectivity index is 1.66. The van der Waals surface area contributed by atoms with Crippen molar-refractivity contribution in [3.8, 4) is 11.3 Å². The standard InChI is InChI=1S/C38H34NOSi/c1-25-20-21-33-32(22-25)36(41(5,28-14-8-6-9-15-28)29-16-10-7-11-17-29)24-34(39(33)4)37-27(3)26(2)23-31-30-18-12-13-19-35(30)40-38(31)37/h6-24H,1-5H3/q+1. The van der Waals surface area contributed by atoms with E-state index < -0.39 is 8.07 Å². The Kier molecular flexibility index (Phi) is 5.95. The average molecular weight is 549 g/mol. The molecule has 2 heterocycles. The smallest absolute Gasteiger partial charge is 0.216 e. The van der Waals surface area contributed by atoms with Crippen molar-refractivity contribution in [1.82, 2.24) is 0 Å². The van der Waals surface area contributed by atoms with Gasteiger partial charge in [-0.3, -0.25) is 0 Å². The number of para-hydroxylation sites is 1. The molecule has 0 aliphatic heterocycles.